The summed E-state index contributed by atoms with van der Waals surface area (Å²) in [5, 5.41) is 11.6. The summed E-state index contributed by atoms with van der Waals surface area (Å²) in [6, 6.07) is -0.459. The molecule has 0 aliphatic carbocycles. The van der Waals surface area contributed by atoms with Crippen LogP contribution in [0.3, 0.4) is 0 Å². The molecular weight excluding hydrogens is 282 g/mol. The summed E-state index contributed by atoms with van der Waals surface area (Å²) in [6.07, 6.45) is 0.631. The Hall–Kier alpha value is -1.51. The van der Waals surface area contributed by atoms with E-state index in [4.69, 9.17) is 15.6 Å². The van der Waals surface area contributed by atoms with E-state index in [9.17, 15) is 9.59 Å². The van der Waals surface area contributed by atoms with Gasteiger partial charge in [-0.15, -0.1) is 11.3 Å². The second-order valence-electron chi connectivity index (χ2n) is 4.63. The van der Waals surface area contributed by atoms with Crippen molar-refractivity contribution < 1.29 is 19.4 Å². The van der Waals surface area contributed by atoms with Gasteiger partial charge in [0.25, 0.3) is 5.91 Å². The van der Waals surface area contributed by atoms with Crippen LogP contribution in [-0.2, 0) is 16.0 Å². The van der Waals surface area contributed by atoms with Crippen molar-refractivity contribution in [1.29, 1.82) is 0 Å². The second-order valence-corrected chi connectivity index (χ2v) is 5.57. The standard InChI is InChI=1S/C12H17N3O4S/c1-15(9-5-19-4-7(9)12(17)18)11(16)8-6-20-10(14-8)2-3-13/h6-7,9H,2-5,13H2,1H3,(H,17,18). The Morgan fingerprint density at radius 2 is 2.35 bits per heavy atom. The lowest BCUT2D eigenvalue weighted by Crippen LogP contribution is -2.44. The van der Waals surface area contributed by atoms with E-state index in [2.05, 4.69) is 4.98 Å². The summed E-state index contributed by atoms with van der Waals surface area (Å²) in [7, 11) is 1.58. The van der Waals surface area contributed by atoms with Crippen LogP contribution in [0.15, 0.2) is 5.38 Å². The molecule has 1 aliphatic heterocycles. The maximum Gasteiger partial charge on any atom is 0.311 e. The summed E-state index contributed by atoms with van der Waals surface area (Å²) in [5.74, 6) is -1.92. The fourth-order valence-corrected chi connectivity index (χ4v) is 2.93. The Morgan fingerprint density at radius 3 is 3.00 bits per heavy atom. The number of rotatable bonds is 5. The fraction of sp³-hybridized carbons (Fsp3) is 0.583. The minimum absolute atomic E-state index is 0.132. The molecule has 8 heteroatoms. The number of aliphatic carboxylic acids is 1. The average molecular weight is 299 g/mol. The largest absolute Gasteiger partial charge is 0.481 e. The molecular formula is C12H17N3O4S. The molecule has 2 atom stereocenters. The van der Waals surface area contributed by atoms with Crippen molar-refractivity contribution in [2.45, 2.75) is 12.5 Å². The Balaban J connectivity index is 2.09. The van der Waals surface area contributed by atoms with Crippen LogP contribution in [0, 0.1) is 5.92 Å². The number of likely N-dealkylation sites (N-methyl/N-ethyl adjacent to an activating group) is 1. The number of nitrogens with two attached hydrogens (primary N) is 1. The highest BCUT2D eigenvalue weighted by Crippen LogP contribution is 2.21. The number of carbonyl (C=O) groups is 2. The molecule has 7 nitrogen and oxygen atoms in total. The lowest BCUT2D eigenvalue weighted by Gasteiger charge is -2.25. The first-order valence-corrected chi connectivity index (χ1v) is 7.14. The predicted molar refractivity (Wildman–Crippen MR) is 72.7 cm³/mol. The maximum absolute atomic E-state index is 12.3. The highest BCUT2D eigenvalue weighted by Gasteiger charge is 2.39. The van der Waals surface area contributed by atoms with Gasteiger partial charge in [0.1, 0.15) is 11.6 Å². The van der Waals surface area contributed by atoms with Crippen molar-refractivity contribution in [3.05, 3.63) is 16.1 Å². The van der Waals surface area contributed by atoms with Crippen molar-refractivity contribution in [2.24, 2.45) is 11.7 Å². The highest BCUT2D eigenvalue weighted by atomic mass is 32.1. The summed E-state index contributed by atoms with van der Waals surface area (Å²) in [6.45, 7) is 0.848. The molecule has 0 radical (unpaired) electrons. The van der Waals surface area contributed by atoms with E-state index in [-0.39, 0.29) is 19.1 Å². The Labute approximate surface area is 120 Å². The van der Waals surface area contributed by atoms with E-state index >= 15 is 0 Å². The topological polar surface area (TPSA) is 106 Å². The average Bonchev–Trinajstić information content (AvgIpc) is 3.06. The quantitative estimate of drug-likeness (QED) is 0.781. The lowest BCUT2D eigenvalue weighted by atomic mass is 10.0. The molecule has 20 heavy (non-hydrogen) atoms. The van der Waals surface area contributed by atoms with Crippen LogP contribution in [0.2, 0.25) is 0 Å². The zero-order valence-electron chi connectivity index (χ0n) is 11.1. The number of hydrogen-bond donors (Lipinski definition) is 2. The van der Waals surface area contributed by atoms with Crippen molar-refractivity contribution >= 4 is 23.2 Å². The van der Waals surface area contributed by atoms with Gasteiger partial charge in [-0.3, -0.25) is 9.59 Å². The van der Waals surface area contributed by atoms with Gasteiger partial charge >= 0.3 is 5.97 Å². The number of nitrogens with zero attached hydrogens (tertiary/aromatic N) is 2. The van der Waals surface area contributed by atoms with Crippen LogP contribution in [-0.4, -0.2) is 59.7 Å². The minimum Gasteiger partial charge on any atom is -0.481 e. The van der Waals surface area contributed by atoms with Gasteiger partial charge < -0.3 is 20.5 Å². The lowest BCUT2D eigenvalue weighted by molar-refractivity contribution is -0.142. The van der Waals surface area contributed by atoms with Crippen LogP contribution in [0.4, 0.5) is 0 Å². The predicted octanol–water partition coefficient (Wildman–Crippen LogP) is -0.184. The van der Waals surface area contributed by atoms with E-state index in [0.717, 1.165) is 5.01 Å². The third kappa shape index (κ3) is 2.97. The summed E-state index contributed by atoms with van der Waals surface area (Å²) < 4.78 is 5.17. The molecule has 0 spiro atoms. The summed E-state index contributed by atoms with van der Waals surface area (Å²) >= 11 is 1.38. The normalized spacial score (nSPS) is 21.9. The molecule has 2 heterocycles. The molecule has 1 aromatic heterocycles. The first-order chi connectivity index (χ1) is 9.54. The summed E-state index contributed by atoms with van der Waals surface area (Å²) in [4.78, 5) is 29.1. The smallest absolute Gasteiger partial charge is 0.311 e. The van der Waals surface area contributed by atoms with E-state index < -0.39 is 17.9 Å². The molecule has 3 N–H and O–H groups in total. The number of hydrogen-bond acceptors (Lipinski definition) is 6. The van der Waals surface area contributed by atoms with Crippen molar-refractivity contribution in [2.75, 3.05) is 26.8 Å². The van der Waals surface area contributed by atoms with Crippen molar-refractivity contribution in [3.8, 4) is 0 Å². The van der Waals surface area contributed by atoms with Crippen LogP contribution >= 0.6 is 11.3 Å². The molecule has 1 amide bonds. The number of carboxylic acid groups (broad SMARTS) is 1. The van der Waals surface area contributed by atoms with Gasteiger partial charge in [-0.05, 0) is 6.54 Å². The molecule has 1 aromatic rings. The van der Waals surface area contributed by atoms with E-state index in [1.54, 1.807) is 12.4 Å². The van der Waals surface area contributed by atoms with E-state index in [0.29, 0.717) is 18.7 Å². The van der Waals surface area contributed by atoms with Gasteiger partial charge in [-0.25, -0.2) is 4.98 Å². The first kappa shape index (κ1) is 14.9. The van der Waals surface area contributed by atoms with Crippen LogP contribution in [0.25, 0.3) is 0 Å². The van der Waals surface area contributed by atoms with Gasteiger partial charge in [-0.1, -0.05) is 0 Å². The highest BCUT2D eigenvalue weighted by molar-refractivity contribution is 7.09. The maximum atomic E-state index is 12.3. The molecule has 0 bridgehead atoms. The molecule has 2 rings (SSSR count). The first-order valence-electron chi connectivity index (χ1n) is 6.26. The molecule has 2 unspecified atom stereocenters. The zero-order chi connectivity index (χ0) is 14.7. The number of amides is 1. The summed E-state index contributed by atoms with van der Waals surface area (Å²) in [5.41, 5.74) is 5.78. The molecule has 1 saturated heterocycles. The molecule has 1 aliphatic rings. The fourth-order valence-electron chi connectivity index (χ4n) is 2.14. The number of carbonyl (C=O) groups excluding carboxylic acids is 1. The van der Waals surface area contributed by atoms with Gasteiger partial charge in [0.2, 0.25) is 0 Å². The Bertz CT molecular complexity index is 505. The number of thiazole rings is 1. The zero-order valence-corrected chi connectivity index (χ0v) is 11.9. The third-order valence-corrected chi connectivity index (χ3v) is 4.22. The molecule has 1 fully saturated rings. The third-order valence-electron chi connectivity index (χ3n) is 3.31. The van der Waals surface area contributed by atoms with Gasteiger partial charge in [0.05, 0.1) is 24.3 Å². The minimum atomic E-state index is -0.950. The van der Waals surface area contributed by atoms with Gasteiger partial charge in [-0.2, -0.15) is 0 Å². The van der Waals surface area contributed by atoms with Crippen LogP contribution in [0.1, 0.15) is 15.5 Å². The molecule has 0 aromatic carbocycles. The SMILES string of the molecule is CN(C(=O)c1csc(CCN)n1)C1COCC1C(=O)O. The van der Waals surface area contributed by atoms with E-state index in [1.807, 2.05) is 0 Å². The monoisotopic (exact) mass is 299 g/mol. The van der Waals surface area contributed by atoms with Gasteiger partial charge in [0, 0.05) is 18.8 Å². The number of aromatic nitrogens is 1. The van der Waals surface area contributed by atoms with Crippen molar-refractivity contribution in [1.82, 2.24) is 9.88 Å². The molecule has 110 valence electrons. The van der Waals surface area contributed by atoms with E-state index in [1.165, 1.54) is 16.2 Å². The Kier molecular flexibility index (Phi) is 4.69. The molecule has 0 saturated carbocycles. The van der Waals surface area contributed by atoms with Crippen LogP contribution in [0.5, 0.6) is 0 Å². The van der Waals surface area contributed by atoms with Crippen LogP contribution < -0.4 is 5.73 Å². The Morgan fingerprint density at radius 1 is 1.60 bits per heavy atom. The number of carboxylic acids is 1. The number of ether oxygens (including phenoxy) is 1. The van der Waals surface area contributed by atoms with Gasteiger partial charge in [0.15, 0.2) is 0 Å². The van der Waals surface area contributed by atoms with Crippen molar-refractivity contribution in [3.63, 3.8) is 0 Å². The second kappa shape index (κ2) is 6.29.